The lowest BCUT2D eigenvalue weighted by molar-refractivity contribution is 0.196. The highest BCUT2D eigenvalue weighted by atomic mass is 32.2. The second-order valence-electron chi connectivity index (χ2n) is 8.01. The topological polar surface area (TPSA) is 128 Å². The molecule has 2 aromatic heterocycles. The predicted molar refractivity (Wildman–Crippen MR) is 131 cm³/mol. The van der Waals surface area contributed by atoms with Crippen molar-refractivity contribution in [3.63, 3.8) is 0 Å². The molecule has 0 fully saturated rings. The number of pyridine rings is 1. The van der Waals surface area contributed by atoms with Gasteiger partial charge in [-0.15, -0.1) is 10.2 Å². The van der Waals surface area contributed by atoms with Gasteiger partial charge < -0.3 is 14.6 Å². The summed E-state index contributed by atoms with van der Waals surface area (Å²) in [5, 5.41) is 18.6. The van der Waals surface area contributed by atoms with E-state index in [1.807, 2.05) is 6.92 Å². The van der Waals surface area contributed by atoms with Crippen LogP contribution in [0.3, 0.4) is 0 Å². The number of nitrogens with zero attached hydrogens (tertiary/aromatic N) is 4. The van der Waals surface area contributed by atoms with Crippen LogP contribution in [-0.4, -0.2) is 53.2 Å². The maximum Gasteiger partial charge on any atom is 0.243 e. The molecule has 0 spiro atoms. The molecule has 0 amide bonds. The number of aliphatic hydroxyl groups excluding tert-OH is 1. The lowest BCUT2D eigenvalue weighted by Crippen LogP contribution is -2.24. The molecule has 0 saturated heterocycles. The lowest BCUT2D eigenvalue weighted by atomic mass is 10.1. The van der Waals surface area contributed by atoms with Gasteiger partial charge >= 0.3 is 0 Å². The maximum atomic E-state index is 14.1. The molecular weight excluding hydrogens is 508 g/mol. The quantitative estimate of drug-likeness (QED) is 0.336. The van der Waals surface area contributed by atoms with Crippen LogP contribution in [0, 0.1) is 18.6 Å². The first-order chi connectivity index (χ1) is 17.6. The number of hydrogen-bond donors (Lipinski definition) is 2. The van der Waals surface area contributed by atoms with E-state index in [4.69, 9.17) is 9.47 Å². The van der Waals surface area contributed by atoms with Crippen LogP contribution in [0.1, 0.15) is 17.2 Å². The second-order valence-corrected chi connectivity index (χ2v) is 9.78. The molecule has 0 unspecified atom stereocenters. The largest absolute Gasteiger partial charge is 0.494 e. The highest BCUT2D eigenvalue weighted by Crippen LogP contribution is 2.37. The number of anilines is 1. The van der Waals surface area contributed by atoms with Gasteiger partial charge in [0.25, 0.3) is 0 Å². The Morgan fingerprint density at radius 1 is 1.05 bits per heavy atom. The van der Waals surface area contributed by atoms with Crippen LogP contribution in [0.15, 0.2) is 54.9 Å². The van der Waals surface area contributed by atoms with Gasteiger partial charge in [0.05, 0.1) is 26.1 Å². The molecule has 10 nitrogen and oxygen atoms in total. The predicted octanol–water partition coefficient (Wildman–Crippen LogP) is 3.41. The zero-order chi connectivity index (χ0) is 26.7. The van der Waals surface area contributed by atoms with Crippen LogP contribution in [0.25, 0.3) is 17.1 Å². The van der Waals surface area contributed by atoms with Crippen molar-refractivity contribution in [3.8, 4) is 28.6 Å². The number of hydrogen-bond acceptors (Lipinski definition) is 8. The van der Waals surface area contributed by atoms with E-state index in [0.29, 0.717) is 28.8 Å². The summed E-state index contributed by atoms with van der Waals surface area (Å²) in [5.41, 5.74) is 1.29. The fourth-order valence-electron chi connectivity index (χ4n) is 3.73. The van der Waals surface area contributed by atoms with Crippen molar-refractivity contribution in [1.29, 1.82) is 0 Å². The van der Waals surface area contributed by atoms with E-state index >= 15 is 0 Å². The van der Waals surface area contributed by atoms with Gasteiger partial charge in [-0.1, -0.05) is 12.1 Å². The van der Waals surface area contributed by atoms with E-state index in [2.05, 4.69) is 19.9 Å². The molecule has 1 atom stereocenters. The number of aliphatic hydroxyl groups is 1. The van der Waals surface area contributed by atoms with Gasteiger partial charge in [-0.2, -0.15) is 0 Å². The average Bonchev–Trinajstić information content (AvgIpc) is 3.25. The molecule has 13 heteroatoms. The molecule has 2 heterocycles. The van der Waals surface area contributed by atoms with Gasteiger partial charge in [0.2, 0.25) is 16.0 Å². The third-order valence-electron chi connectivity index (χ3n) is 5.37. The molecule has 194 valence electrons. The number of para-hydroxylation sites is 1. The first kappa shape index (κ1) is 26.0. The van der Waals surface area contributed by atoms with Crippen molar-refractivity contribution >= 4 is 16.0 Å². The van der Waals surface area contributed by atoms with Crippen LogP contribution in [0.5, 0.6) is 11.5 Å². The molecule has 0 aliphatic rings. The summed E-state index contributed by atoms with van der Waals surface area (Å²) < 4.78 is 68.1. The smallest absolute Gasteiger partial charge is 0.243 e. The van der Waals surface area contributed by atoms with E-state index in [-0.39, 0.29) is 17.3 Å². The molecule has 37 heavy (non-hydrogen) atoms. The number of nitrogens with one attached hydrogen (secondary N) is 1. The molecule has 0 bridgehead atoms. The highest BCUT2D eigenvalue weighted by Gasteiger charge is 2.27. The minimum atomic E-state index is -4.34. The van der Waals surface area contributed by atoms with Gasteiger partial charge in [0.15, 0.2) is 5.82 Å². The van der Waals surface area contributed by atoms with Crippen LogP contribution < -0.4 is 14.2 Å². The summed E-state index contributed by atoms with van der Waals surface area (Å²) in [6, 6.07) is 9.24. The summed E-state index contributed by atoms with van der Waals surface area (Å²) in [5.74, 6) is -2.23. The van der Waals surface area contributed by atoms with Gasteiger partial charge in [-0.3, -0.25) is 14.3 Å². The average molecular weight is 532 g/mol. The summed E-state index contributed by atoms with van der Waals surface area (Å²) >= 11 is 0. The van der Waals surface area contributed by atoms with E-state index < -0.39 is 33.5 Å². The zero-order valence-corrected chi connectivity index (χ0v) is 20.8. The van der Waals surface area contributed by atoms with Crippen LogP contribution in [-0.2, 0) is 10.0 Å². The van der Waals surface area contributed by atoms with Gasteiger partial charge in [-0.25, -0.2) is 17.2 Å². The minimum absolute atomic E-state index is 0.224. The molecule has 2 N–H and O–H groups in total. The van der Waals surface area contributed by atoms with Crippen LogP contribution in [0.4, 0.5) is 14.7 Å². The van der Waals surface area contributed by atoms with Crippen molar-refractivity contribution in [2.24, 2.45) is 0 Å². The number of benzene rings is 2. The van der Waals surface area contributed by atoms with Crippen molar-refractivity contribution in [2.45, 2.75) is 13.0 Å². The molecule has 0 aliphatic heterocycles. The molecule has 0 radical (unpaired) electrons. The molecule has 4 rings (SSSR count). The van der Waals surface area contributed by atoms with Gasteiger partial charge in [0, 0.05) is 29.6 Å². The standard InChI is InChI=1S/C24H23F2N5O5S/c1-14-9-15(12-27-11-14)23-28-29-24(31(23)22-20(35-2)5-4-6-21(22)36-3)30-37(33,34)13-19(32)17-8-7-16(25)10-18(17)26/h4-12,19,32H,13H2,1-3H3,(H,29,30)/t19-/m0/s1. The first-order valence-corrected chi connectivity index (χ1v) is 12.5. The number of halogens is 2. The molecule has 0 saturated carbocycles. The first-order valence-electron chi connectivity index (χ1n) is 10.9. The monoisotopic (exact) mass is 531 g/mol. The van der Waals surface area contributed by atoms with E-state index in [0.717, 1.165) is 17.7 Å². The van der Waals surface area contributed by atoms with Crippen molar-refractivity contribution in [3.05, 3.63) is 77.6 Å². The molecule has 2 aromatic carbocycles. The fraction of sp³-hybridized carbons (Fsp3) is 0.208. The summed E-state index contributed by atoms with van der Waals surface area (Å²) in [6.07, 6.45) is 1.40. The number of aromatic nitrogens is 4. The van der Waals surface area contributed by atoms with E-state index in [1.165, 1.54) is 25.0 Å². The van der Waals surface area contributed by atoms with Crippen LogP contribution >= 0.6 is 0 Å². The lowest BCUT2D eigenvalue weighted by Gasteiger charge is -2.18. The number of ether oxygens (including phenoxy) is 2. The Morgan fingerprint density at radius 3 is 2.38 bits per heavy atom. The van der Waals surface area contributed by atoms with Crippen molar-refractivity contribution in [2.75, 3.05) is 24.7 Å². The third-order valence-corrected chi connectivity index (χ3v) is 6.62. The molecular formula is C24H23F2N5O5S. The molecule has 0 aliphatic carbocycles. The fourth-order valence-corrected chi connectivity index (χ4v) is 4.82. The SMILES string of the molecule is COc1cccc(OC)c1-n1c(NS(=O)(=O)C[C@H](O)c2ccc(F)cc2F)nnc1-c1cncc(C)c1. The Labute approximate surface area is 211 Å². The summed E-state index contributed by atoms with van der Waals surface area (Å²) in [6.45, 7) is 1.83. The highest BCUT2D eigenvalue weighted by molar-refractivity contribution is 7.92. The van der Waals surface area contributed by atoms with E-state index in [1.54, 1.807) is 30.5 Å². The third kappa shape index (κ3) is 5.52. The Balaban J connectivity index is 1.80. The summed E-state index contributed by atoms with van der Waals surface area (Å²) in [7, 11) is -1.46. The normalized spacial score (nSPS) is 12.3. The number of rotatable bonds is 9. The van der Waals surface area contributed by atoms with Crippen molar-refractivity contribution < 1.29 is 31.8 Å². The minimum Gasteiger partial charge on any atom is -0.494 e. The van der Waals surface area contributed by atoms with E-state index in [9.17, 15) is 22.3 Å². The molecule has 4 aromatic rings. The van der Waals surface area contributed by atoms with Crippen LogP contribution in [0.2, 0.25) is 0 Å². The Bertz CT molecular complexity index is 1520. The number of sulfonamides is 1. The maximum absolute atomic E-state index is 14.1. The Morgan fingerprint density at radius 2 is 1.76 bits per heavy atom. The number of aryl methyl sites for hydroxylation is 1. The van der Waals surface area contributed by atoms with Crippen molar-refractivity contribution in [1.82, 2.24) is 19.7 Å². The zero-order valence-electron chi connectivity index (χ0n) is 20.0. The Hall–Kier alpha value is -4.10. The van der Waals surface area contributed by atoms with Gasteiger partial charge in [0.1, 0.15) is 28.8 Å². The number of methoxy groups -OCH3 is 2. The Kier molecular flexibility index (Phi) is 7.36. The summed E-state index contributed by atoms with van der Waals surface area (Å²) in [4.78, 5) is 4.17. The second kappa shape index (κ2) is 10.5. The van der Waals surface area contributed by atoms with Gasteiger partial charge in [-0.05, 0) is 36.8 Å².